The second-order valence-corrected chi connectivity index (χ2v) is 8.20. The molecule has 1 heterocycles. The van der Waals surface area contributed by atoms with E-state index in [2.05, 4.69) is 6.92 Å². The summed E-state index contributed by atoms with van der Waals surface area (Å²) in [5, 5.41) is 11.1. The lowest BCUT2D eigenvalue weighted by Crippen LogP contribution is -2.31. The van der Waals surface area contributed by atoms with E-state index in [1.54, 1.807) is 38.5 Å². The first-order valence-electron chi connectivity index (χ1n) is 11.7. The first-order chi connectivity index (χ1) is 16.5. The van der Waals surface area contributed by atoms with E-state index in [4.69, 9.17) is 14.2 Å². The number of unbranched alkanes of at least 4 members (excludes halogenated alkanes) is 2. The van der Waals surface area contributed by atoms with Crippen molar-refractivity contribution in [3.05, 3.63) is 65.2 Å². The van der Waals surface area contributed by atoms with Crippen LogP contribution in [0.25, 0.3) is 5.76 Å². The molecule has 182 valence electrons. The van der Waals surface area contributed by atoms with Crippen LogP contribution in [0.2, 0.25) is 0 Å². The standard InChI is InChI=1S/C27H33NO6/c1-4-5-6-17-34-22-10-7-9-20(18-22)24-23(25(29)19-11-13-21(33-3)14-12-19)26(30)27(31)28(24)15-8-16-32-2/h7,9-14,18,24,29H,4-6,8,15-17H2,1-3H3/t24-/m1/s1. The van der Waals surface area contributed by atoms with Crippen LogP contribution in [0.1, 0.15) is 49.8 Å². The Kier molecular flexibility index (Phi) is 9.10. The van der Waals surface area contributed by atoms with E-state index in [1.807, 2.05) is 24.3 Å². The summed E-state index contributed by atoms with van der Waals surface area (Å²) in [4.78, 5) is 27.6. The molecule has 2 aromatic carbocycles. The Morgan fingerprint density at radius 1 is 0.971 bits per heavy atom. The number of ether oxygens (including phenoxy) is 3. The van der Waals surface area contributed by atoms with Gasteiger partial charge in [-0.05, 0) is 54.8 Å². The number of rotatable bonds is 12. The molecule has 3 rings (SSSR count). The third kappa shape index (κ3) is 5.78. The number of methoxy groups -OCH3 is 2. The highest BCUT2D eigenvalue weighted by atomic mass is 16.5. The van der Waals surface area contributed by atoms with E-state index in [0.29, 0.717) is 48.8 Å². The van der Waals surface area contributed by atoms with Crippen molar-refractivity contribution >= 4 is 17.4 Å². The molecule has 1 fully saturated rings. The molecule has 1 aliphatic heterocycles. The molecule has 1 amide bonds. The lowest BCUT2D eigenvalue weighted by molar-refractivity contribution is -0.140. The number of benzene rings is 2. The van der Waals surface area contributed by atoms with Crippen LogP contribution in [0, 0.1) is 0 Å². The number of carbonyl (C=O) groups excluding carboxylic acids is 2. The second-order valence-electron chi connectivity index (χ2n) is 8.20. The molecule has 2 aromatic rings. The number of ketones is 1. The molecule has 0 radical (unpaired) electrons. The Morgan fingerprint density at radius 2 is 1.74 bits per heavy atom. The highest BCUT2D eigenvalue weighted by molar-refractivity contribution is 6.46. The van der Waals surface area contributed by atoms with Gasteiger partial charge in [0.25, 0.3) is 11.7 Å². The number of hydrogen-bond donors (Lipinski definition) is 1. The summed E-state index contributed by atoms with van der Waals surface area (Å²) < 4.78 is 16.2. The van der Waals surface area contributed by atoms with Crippen molar-refractivity contribution in [3.8, 4) is 11.5 Å². The van der Waals surface area contributed by atoms with E-state index < -0.39 is 17.7 Å². The maximum absolute atomic E-state index is 13.1. The molecule has 0 unspecified atom stereocenters. The average molecular weight is 468 g/mol. The number of aliphatic hydroxyl groups is 1. The number of likely N-dealkylation sites (tertiary alicyclic amines) is 1. The molecule has 0 bridgehead atoms. The molecule has 34 heavy (non-hydrogen) atoms. The van der Waals surface area contributed by atoms with E-state index >= 15 is 0 Å². The molecular weight excluding hydrogens is 434 g/mol. The van der Waals surface area contributed by atoms with Gasteiger partial charge in [-0.25, -0.2) is 0 Å². The zero-order chi connectivity index (χ0) is 24.5. The highest BCUT2D eigenvalue weighted by Gasteiger charge is 2.45. The Morgan fingerprint density at radius 3 is 2.41 bits per heavy atom. The smallest absolute Gasteiger partial charge is 0.295 e. The largest absolute Gasteiger partial charge is 0.507 e. The third-order valence-electron chi connectivity index (χ3n) is 5.84. The van der Waals surface area contributed by atoms with Crippen LogP contribution in [0.5, 0.6) is 11.5 Å². The Balaban J connectivity index is 2.01. The Labute approximate surface area is 200 Å². The fraction of sp³-hybridized carbons (Fsp3) is 0.407. The van der Waals surface area contributed by atoms with Crippen molar-refractivity contribution in [2.24, 2.45) is 0 Å². The summed E-state index contributed by atoms with van der Waals surface area (Å²) in [6, 6.07) is 13.4. The van der Waals surface area contributed by atoms with Crippen molar-refractivity contribution in [1.82, 2.24) is 4.90 Å². The summed E-state index contributed by atoms with van der Waals surface area (Å²) in [6.07, 6.45) is 3.70. The minimum Gasteiger partial charge on any atom is -0.507 e. The summed E-state index contributed by atoms with van der Waals surface area (Å²) >= 11 is 0. The quantitative estimate of drug-likeness (QED) is 0.210. The van der Waals surface area contributed by atoms with Crippen molar-refractivity contribution in [2.75, 3.05) is 34.0 Å². The van der Waals surface area contributed by atoms with Crippen LogP contribution >= 0.6 is 0 Å². The van der Waals surface area contributed by atoms with Gasteiger partial charge in [-0.2, -0.15) is 0 Å². The number of nitrogens with zero attached hydrogens (tertiary/aromatic N) is 1. The normalized spacial score (nSPS) is 17.3. The van der Waals surface area contributed by atoms with Crippen LogP contribution in [-0.2, 0) is 14.3 Å². The monoisotopic (exact) mass is 467 g/mol. The van der Waals surface area contributed by atoms with Crippen LogP contribution in [0.4, 0.5) is 0 Å². The molecule has 0 aliphatic carbocycles. The van der Waals surface area contributed by atoms with Crippen LogP contribution < -0.4 is 9.47 Å². The van der Waals surface area contributed by atoms with Gasteiger partial charge in [0, 0.05) is 25.8 Å². The summed E-state index contributed by atoms with van der Waals surface area (Å²) in [5.74, 6) is -0.258. The molecule has 7 nitrogen and oxygen atoms in total. The first kappa shape index (κ1) is 25.3. The van der Waals surface area contributed by atoms with Crippen LogP contribution in [0.15, 0.2) is 54.1 Å². The zero-order valence-electron chi connectivity index (χ0n) is 20.1. The molecule has 0 spiro atoms. The molecule has 0 saturated carbocycles. The maximum atomic E-state index is 13.1. The number of amides is 1. The van der Waals surface area contributed by atoms with Crippen molar-refractivity contribution in [3.63, 3.8) is 0 Å². The lowest BCUT2D eigenvalue weighted by Gasteiger charge is -2.25. The van der Waals surface area contributed by atoms with Crippen LogP contribution in [-0.4, -0.2) is 55.7 Å². The predicted octanol–water partition coefficient (Wildman–Crippen LogP) is 4.72. The topological polar surface area (TPSA) is 85.3 Å². The third-order valence-corrected chi connectivity index (χ3v) is 5.84. The van der Waals surface area contributed by atoms with Gasteiger partial charge in [0.1, 0.15) is 17.3 Å². The van der Waals surface area contributed by atoms with Gasteiger partial charge >= 0.3 is 0 Å². The summed E-state index contributed by atoms with van der Waals surface area (Å²) in [6.45, 7) is 3.51. The minimum absolute atomic E-state index is 0.0655. The van der Waals surface area contributed by atoms with Crippen LogP contribution in [0.3, 0.4) is 0 Å². The fourth-order valence-electron chi connectivity index (χ4n) is 4.06. The molecule has 1 atom stereocenters. The van der Waals surface area contributed by atoms with Gasteiger partial charge < -0.3 is 24.2 Å². The highest BCUT2D eigenvalue weighted by Crippen LogP contribution is 2.40. The number of hydrogen-bond acceptors (Lipinski definition) is 6. The summed E-state index contributed by atoms with van der Waals surface area (Å²) in [7, 11) is 3.15. The van der Waals surface area contributed by atoms with E-state index in [0.717, 1.165) is 19.3 Å². The molecule has 1 aliphatic rings. The Bertz CT molecular complexity index is 1010. The van der Waals surface area contributed by atoms with Gasteiger partial charge in [-0.15, -0.1) is 0 Å². The first-order valence-corrected chi connectivity index (χ1v) is 11.7. The minimum atomic E-state index is -0.724. The predicted molar refractivity (Wildman–Crippen MR) is 130 cm³/mol. The fourth-order valence-corrected chi connectivity index (χ4v) is 4.06. The van der Waals surface area contributed by atoms with E-state index in [1.165, 1.54) is 4.90 Å². The summed E-state index contributed by atoms with van der Waals surface area (Å²) in [5.41, 5.74) is 1.21. The van der Waals surface area contributed by atoms with Crippen molar-refractivity contribution < 1.29 is 28.9 Å². The molecule has 0 aromatic heterocycles. The second kappa shape index (κ2) is 12.2. The molecule has 1 N–H and O–H groups in total. The maximum Gasteiger partial charge on any atom is 0.295 e. The van der Waals surface area contributed by atoms with Crippen molar-refractivity contribution in [2.45, 2.75) is 38.6 Å². The average Bonchev–Trinajstić information content (AvgIpc) is 3.11. The molecular formula is C27H33NO6. The van der Waals surface area contributed by atoms with Gasteiger partial charge in [-0.3, -0.25) is 9.59 Å². The lowest BCUT2D eigenvalue weighted by atomic mass is 9.95. The zero-order valence-corrected chi connectivity index (χ0v) is 20.1. The van der Waals surface area contributed by atoms with E-state index in [9.17, 15) is 14.7 Å². The number of carbonyl (C=O) groups is 2. The van der Waals surface area contributed by atoms with Crippen molar-refractivity contribution in [1.29, 1.82) is 0 Å². The molecule has 1 saturated heterocycles. The number of aliphatic hydroxyl groups excluding tert-OH is 1. The Hall–Kier alpha value is -3.32. The van der Waals surface area contributed by atoms with Gasteiger partial charge in [0.05, 0.1) is 25.3 Å². The van der Waals surface area contributed by atoms with Gasteiger partial charge in [0.15, 0.2) is 0 Å². The number of Topliss-reactive ketones (excluding diaryl/α,β-unsaturated/α-hetero) is 1. The van der Waals surface area contributed by atoms with Gasteiger partial charge in [0.2, 0.25) is 0 Å². The van der Waals surface area contributed by atoms with E-state index in [-0.39, 0.29) is 11.3 Å². The van der Waals surface area contributed by atoms with Gasteiger partial charge in [-0.1, -0.05) is 31.9 Å². The SMILES string of the molecule is CCCCCOc1cccc([C@@H]2C(=C(O)c3ccc(OC)cc3)C(=O)C(=O)N2CCCOC)c1. The molecule has 7 heteroatoms.